The lowest BCUT2D eigenvalue weighted by Crippen LogP contribution is -2.59. The summed E-state index contributed by atoms with van der Waals surface area (Å²) in [6, 6.07) is 5.24. The minimum atomic E-state index is -0.730. The van der Waals surface area contributed by atoms with Crippen molar-refractivity contribution < 1.29 is 4.79 Å². The van der Waals surface area contributed by atoms with E-state index in [0.29, 0.717) is 16.6 Å². The Kier molecular flexibility index (Phi) is 3.10. The van der Waals surface area contributed by atoms with Crippen LogP contribution in [0, 0.1) is 0 Å². The molecule has 2 rings (SSSR count). The minimum absolute atomic E-state index is 0.0443. The molecule has 1 aromatic rings. The molecule has 16 heavy (non-hydrogen) atoms. The quantitative estimate of drug-likeness (QED) is 0.809. The van der Waals surface area contributed by atoms with Gasteiger partial charge < -0.3 is 5.32 Å². The van der Waals surface area contributed by atoms with Crippen molar-refractivity contribution in [1.29, 1.82) is 0 Å². The number of benzene rings is 1. The summed E-state index contributed by atoms with van der Waals surface area (Å²) in [4.78, 5) is 11.9. The smallest absolute Gasteiger partial charge is 0.244 e. The average molecular weight is 259 g/mol. The van der Waals surface area contributed by atoms with Crippen molar-refractivity contribution in [3.8, 4) is 0 Å². The first-order valence-electron chi connectivity index (χ1n) is 5.03. The second-order valence-corrected chi connectivity index (χ2v) is 4.75. The molecule has 5 heteroatoms. The van der Waals surface area contributed by atoms with Gasteiger partial charge in [0.2, 0.25) is 5.91 Å². The van der Waals surface area contributed by atoms with Gasteiger partial charge in [-0.2, -0.15) is 0 Å². The average Bonchev–Trinajstić information content (AvgIpc) is 2.26. The summed E-state index contributed by atoms with van der Waals surface area (Å²) >= 11 is 11.8. The summed E-state index contributed by atoms with van der Waals surface area (Å²) < 4.78 is 0. The summed E-state index contributed by atoms with van der Waals surface area (Å²) in [5.74, 6) is -0.0443. The minimum Gasteiger partial charge on any atom is -0.353 e. The Bertz CT molecular complexity index is 436. The Labute approximate surface area is 104 Å². The predicted molar refractivity (Wildman–Crippen MR) is 64.8 cm³/mol. The molecule has 1 fully saturated rings. The Morgan fingerprint density at radius 3 is 2.62 bits per heavy atom. The van der Waals surface area contributed by atoms with Crippen molar-refractivity contribution in [3.05, 3.63) is 33.8 Å². The number of piperazine rings is 1. The highest BCUT2D eigenvalue weighted by Gasteiger charge is 2.37. The maximum atomic E-state index is 11.9. The Balaban J connectivity index is 2.41. The van der Waals surface area contributed by atoms with E-state index in [2.05, 4.69) is 10.6 Å². The van der Waals surface area contributed by atoms with Crippen molar-refractivity contribution in [1.82, 2.24) is 10.6 Å². The van der Waals surface area contributed by atoms with Crippen LogP contribution in [-0.2, 0) is 10.3 Å². The third-order valence-electron chi connectivity index (χ3n) is 2.84. The van der Waals surface area contributed by atoms with E-state index < -0.39 is 5.54 Å². The molecule has 0 aromatic heterocycles. The van der Waals surface area contributed by atoms with Crippen LogP contribution in [0.4, 0.5) is 0 Å². The number of rotatable bonds is 1. The molecule has 0 aliphatic carbocycles. The van der Waals surface area contributed by atoms with Crippen molar-refractivity contribution in [3.63, 3.8) is 0 Å². The van der Waals surface area contributed by atoms with Gasteiger partial charge in [-0.15, -0.1) is 0 Å². The molecular formula is C11H12Cl2N2O. The molecule has 1 unspecified atom stereocenters. The van der Waals surface area contributed by atoms with E-state index in [4.69, 9.17) is 23.2 Å². The van der Waals surface area contributed by atoms with Crippen LogP contribution in [0.2, 0.25) is 10.0 Å². The molecule has 0 spiro atoms. The molecule has 86 valence electrons. The molecule has 1 heterocycles. The summed E-state index contributed by atoms with van der Waals surface area (Å²) in [5.41, 5.74) is 0.0889. The van der Waals surface area contributed by atoms with Gasteiger partial charge in [0.15, 0.2) is 0 Å². The Morgan fingerprint density at radius 2 is 2.00 bits per heavy atom. The second-order valence-electron chi connectivity index (χ2n) is 3.94. The van der Waals surface area contributed by atoms with E-state index in [9.17, 15) is 4.79 Å². The molecule has 1 aromatic carbocycles. The van der Waals surface area contributed by atoms with Crippen LogP contribution >= 0.6 is 23.2 Å². The highest BCUT2D eigenvalue weighted by molar-refractivity contribution is 6.42. The highest BCUT2D eigenvalue weighted by atomic mass is 35.5. The first-order chi connectivity index (χ1) is 7.54. The molecule has 0 saturated carbocycles. The topological polar surface area (TPSA) is 41.1 Å². The fraction of sp³-hybridized carbons (Fsp3) is 0.364. The first kappa shape index (κ1) is 11.7. The van der Waals surface area contributed by atoms with Gasteiger partial charge in [0, 0.05) is 13.1 Å². The third-order valence-corrected chi connectivity index (χ3v) is 3.58. The van der Waals surface area contributed by atoms with Crippen molar-refractivity contribution in [2.75, 3.05) is 13.1 Å². The highest BCUT2D eigenvalue weighted by Crippen LogP contribution is 2.29. The molecule has 1 aliphatic rings. The number of carbonyl (C=O) groups is 1. The normalized spacial score (nSPS) is 25.3. The van der Waals surface area contributed by atoms with Gasteiger partial charge in [0.25, 0.3) is 0 Å². The van der Waals surface area contributed by atoms with E-state index in [1.54, 1.807) is 12.1 Å². The van der Waals surface area contributed by atoms with Gasteiger partial charge in [-0.25, -0.2) is 0 Å². The molecule has 1 atom stereocenters. The van der Waals surface area contributed by atoms with Crippen LogP contribution in [0.5, 0.6) is 0 Å². The molecule has 1 aliphatic heterocycles. The van der Waals surface area contributed by atoms with Gasteiger partial charge in [-0.3, -0.25) is 10.1 Å². The predicted octanol–water partition coefficient (Wildman–Crippen LogP) is 1.93. The maximum Gasteiger partial charge on any atom is 0.244 e. The van der Waals surface area contributed by atoms with E-state index in [1.165, 1.54) is 0 Å². The number of hydrogen-bond donors (Lipinski definition) is 2. The van der Waals surface area contributed by atoms with E-state index >= 15 is 0 Å². The molecule has 3 nitrogen and oxygen atoms in total. The number of halogens is 2. The molecule has 1 saturated heterocycles. The van der Waals surface area contributed by atoms with Crippen LogP contribution in [-0.4, -0.2) is 19.0 Å². The van der Waals surface area contributed by atoms with Crippen LogP contribution in [0.25, 0.3) is 0 Å². The lowest BCUT2D eigenvalue weighted by Gasteiger charge is -2.34. The summed E-state index contributed by atoms with van der Waals surface area (Å²) in [6.45, 7) is 3.22. The van der Waals surface area contributed by atoms with Crippen LogP contribution in [0.15, 0.2) is 18.2 Å². The number of nitrogens with one attached hydrogen (secondary N) is 2. The van der Waals surface area contributed by atoms with E-state index in [-0.39, 0.29) is 5.91 Å². The van der Waals surface area contributed by atoms with Crippen molar-refractivity contribution in [2.24, 2.45) is 0 Å². The van der Waals surface area contributed by atoms with Crippen LogP contribution in [0.1, 0.15) is 12.5 Å². The zero-order valence-corrected chi connectivity index (χ0v) is 10.3. The van der Waals surface area contributed by atoms with Crippen LogP contribution < -0.4 is 10.6 Å². The number of carbonyl (C=O) groups excluding carboxylic acids is 1. The second kappa shape index (κ2) is 4.24. The lowest BCUT2D eigenvalue weighted by molar-refractivity contribution is -0.128. The molecule has 0 radical (unpaired) electrons. The van der Waals surface area contributed by atoms with Gasteiger partial charge in [-0.1, -0.05) is 29.3 Å². The van der Waals surface area contributed by atoms with Crippen molar-refractivity contribution in [2.45, 2.75) is 12.5 Å². The Morgan fingerprint density at radius 1 is 1.25 bits per heavy atom. The summed E-state index contributed by atoms with van der Waals surface area (Å²) in [6.07, 6.45) is 0. The standard InChI is InChI=1S/C11H12Cl2N2O/c1-11(10(16)14-4-5-15-11)7-2-3-8(12)9(13)6-7/h2-3,6,15H,4-5H2,1H3,(H,14,16). The fourth-order valence-corrected chi connectivity index (χ4v) is 2.08. The molecule has 2 N–H and O–H groups in total. The number of amides is 1. The summed E-state index contributed by atoms with van der Waals surface area (Å²) in [7, 11) is 0. The zero-order chi connectivity index (χ0) is 11.8. The number of hydrogen-bond acceptors (Lipinski definition) is 2. The van der Waals surface area contributed by atoms with Gasteiger partial charge >= 0.3 is 0 Å². The monoisotopic (exact) mass is 258 g/mol. The fourth-order valence-electron chi connectivity index (χ4n) is 1.79. The van der Waals surface area contributed by atoms with E-state index in [0.717, 1.165) is 12.1 Å². The zero-order valence-electron chi connectivity index (χ0n) is 8.81. The summed E-state index contributed by atoms with van der Waals surface area (Å²) in [5, 5.41) is 6.97. The first-order valence-corrected chi connectivity index (χ1v) is 5.78. The lowest BCUT2D eigenvalue weighted by atomic mass is 9.89. The van der Waals surface area contributed by atoms with Crippen molar-refractivity contribution >= 4 is 29.1 Å². The maximum absolute atomic E-state index is 11.9. The Hall–Kier alpha value is -0.770. The van der Waals surface area contributed by atoms with Gasteiger partial charge in [0.05, 0.1) is 10.0 Å². The largest absolute Gasteiger partial charge is 0.353 e. The molecule has 0 bridgehead atoms. The van der Waals surface area contributed by atoms with E-state index in [1.807, 2.05) is 13.0 Å². The SMILES string of the molecule is CC1(c2ccc(Cl)c(Cl)c2)NCCNC1=O. The van der Waals surface area contributed by atoms with Gasteiger partial charge in [-0.05, 0) is 24.6 Å². The van der Waals surface area contributed by atoms with Gasteiger partial charge in [0.1, 0.15) is 5.54 Å². The molecule has 1 amide bonds. The molecular weight excluding hydrogens is 247 g/mol. The van der Waals surface area contributed by atoms with Crippen LogP contribution in [0.3, 0.4) is 0 Å². The third kappa shape index (κ3) is 1.90.